The van der Waals surface area contributed by atoms with E-state index in [0.717, 1.165) is 11.3 Å². The zero-order chi connectivity index (χ0) is 14.7. The summed E-state index contributed by atoms with van der Waals surface area (Å²) in [6.07, 6.45) is 1.07. The predicted molar refractivity (Wildman–Crippen MR) is 83.2 cm³/mol. The number of carbonyl (C=O) groups is 1. The number of benzene rings is 1. The maximum Gasteiger partial charge on any atom is 0.246 e. The zero-order valence-corrected chi connectivity index (χ0v) is 12.4. The fourth-order valence-electron chi connectivity index (χ4n) is 2.26. The molecule has 1 aromatic carbocycles. The van der Waals surface area contributed by atoms with Crippen molar-refractivity contribution in [2.45, 2.75) is 18.4 Å². The number of hydrogen-bond acceptors (Lipinski definition) is 5. The molecule has 0 saturated carbocycles. The van der Waals surface area contributed by atoms with Crippen molar-refractivity contribution >= 4 is 22.4 Å². The average molecular weight is 303 g/mol. The molecule has 1 amide bonds. The Morgan fingerprint density at radius 3 is 2.71 bits per heavy atom. The molecule has 5 nitrogen and oxygen atoms in total. The number of nitrogens with two attached hydrogens (primary N) is 1. The summed E-state index contributed by atoms with van der Waals surface area (Å²) >= 11 is 1.41. The Labute approximate surface area is 127 Å². The largest absolute Gasteiger partial charge is 0.381 e. The summed E-state index contributed by atoms with van der Waals surface area (Å²) in [6, 6.07) is 9.86. The number of anilines is 1. The molecule has 2 aromatic rings. The van der Waals surface area contributed by atoms with Crippen LogP contribution in [0.25, 0.3) is 11.3 Å². The highest BCUT2D eigenvalue weighted by atomic mass is 32.1. The predicted octanol–water partition coefficient (Wildman–Crippen LogP) is 2.26. The number of rotatable bonds is 3. The minimum atomic E-state index is -0.850. The standard InChI is InChI=1S/C15H17N3O2S/c16-15(6-8-20-9-7-15)13(19)18-14-17-12(10-21-14)11-4-2-1-3-5-11/h1-5,10H,6-9,16H2,(H,17,18,19). The maximum absolute atomic E-state index is 12.3. The van der Waals surface area contributed by atoms with E-state index < -0.39 is 5.54 Å². The number of nitrogens with one attached hydrogen (secondary N) is 1. The number of ether oxygens (including phenoxy) is 1. The highest BCUT2D eigenvalue weighted by Gasteiger charge is 2.36. The molecule has 1 aliphatic heterocycles. The number of nitrogens with zero attached hydrogens (tertiary/aromatic N) is 1. The molecule has 0 bridgehead atoms. The lowest BCUT2D eigenvalue weighted by Gasteiger charge is -2.31. The number of hydrogen-bond donors (Lipinski definition) is 2. The fourth-order valence-corrected chi connectivity index (χ4v) is 2.97. The highest BCUT2D eigenvalue weighted by Crippen LogP contribution is 2.26. The van der Waals surface area contributed by atoms with Crippen molar-refractivity contribution in [3.05, 3.63) is 35.7 Å². The van der Waals surface area contributed by atoms with Gasteiger partial charge < -0.3 is 15.8 Å². The second kappa shape index (κ2) is 5.93. The van der Waals surface area contributed by atoms with E-state index in [1.807, 2.05) is 35.7 Å². The van der Waals surface area contributed by atoms with Gasteiger partial charge in [0.1, 0.15) is 5.54 Å². The molecule has 21 heavy (non-hydrogen) atoms. The Bertz CT molecular complexity index is 621. The molecule has 3 rings (SSSR count). The molecule has 0 radical (unpaired) electrons. The molecule has 0 unspecified atom stereocenters. The van der Waals surface area contributed by atoms with Crippen molar-refractivity contribution in [2.24, 2.45) is 5.73 Å². The molecular formula is C15H17N3O2S. The van der Waals surface area contributed by atoms with E-state index in [4.69, 9.17) is 10.5 Å². The molecule has 2 heterocycles. The monoisotopic (exact) mass is 303 g/mol. The molecule has 3 N–H and O–H groups in total. The van der Waals surface area contributed by atoms with Gasteiger partial charge in [-0.05, 0) is 12.8 Å². The molecule has 110 valence electrons. The van der Waals surface area contributed by atoms with Crippen molar-refractivity contribution in [3.8, 4) is 11.3 Å². The van der Waals surface area contributed by atoms with E-state index in [1.54, 1.807) is 0 Å². The minimum Gasteiger partial charge on any atom is -0.381 e. The molecular weight excluding hydrogens is 286 g/mol. The molecule has 0 atom stereocenters. The van der Waals surface area contributed by atoms with Crippen LogP contribution in [0.3, 0.4) is 0 Å². The van der Waals surface area contributed by atoms with Crippen LogP contribution in [0.4, 0.5) is 5.13 Å². The molecule has 1 saturated heterocycles. The third kappa shape index (κ3) is 3.12. The summed E-state index contributed by atoms with van der Waals surface area (Å²) < 4.78 is 5.25. The maximum atomic E-state index is 12.3. The summed E-state index contributed by atoms with van der Waals surface area (Å²) in [6.45, 7) is 1.05. The van der Waals surface area contributed by atoms with Crippen molar-refractivity contribution in [2.75, 3.05) is 18.5 Å². The topological polar surface area (TPSA) is 77.2 Å². The summed E-state index contributed by atoms with van der Waals surface area (Å²) in [7, 11) is 0. The Kier molecular flexibility index (Phi) is 4.01. The number of carbonyl (C=O) groups excluding carboxylic acids is 1. The lowest BCUT2D eigenvalue weighted by Crippen LogP contribution is -2.54. The van der Waals surface area contributed by atoms with E-state index in [0.29, 0.717) is 31.2 Å². The van der Waals surface area contributed by atoms with Gasteiger partial charge in [-0.2, -0.15) is 0 Å². The normalized spacial score (nSPS) is 17.4. The Morgan fingerprint density at radius 1 is 1.29 bits per heavy atom. The second-order valence-corrected chi connectivity index (χ2v) is 5.98. The van der Waals surface area contributed by atoms with E-state index in [2.05, 4.69) is 10.3 Å². The molecule has 1 aromatic heterocycles. The van der Waals surface area contributed by atoms with Crippen molar-refractivity contribution in [1.29, 1.82) is 0 Å². The van der Waals surface area contributed by atoms with Gasteiger partial charge in [-0.15, -0.1) is 11.3 Å². The van der Waals surface area contributed by atoms with Gasteiger partial charge in [0, 0.05) is 24.2 Å². The van der Waals surface area contributed by atoms with Gasteiger partial charge >= 0.3 is 0 Å². The van der Waals surface area contributed by atoms with Crippen LogP contribution >= 0.6 is 11.3 Å². The highest BCUT2D eigenvalue weighted by molar-refractivity contribution is 7.14. The Balaban J connectivity index is 1.71. The van der Waals surface area contributed by atoms with Gasteiger partial charge in [0.2, 0.25) is 5.91 Å². The van der Waals surface area contributed by atoms with Crippen LogP contribution < -0.4 is 11.1 Å². The number of aromatic nitrogens is 1. The second-order valence-electron chi connectivity index (χ2n) is 5.13. The van der Waals surface area contributed by atoms with E-state index in [-0.39, 0.29) is 5.91 Å². The molecule has 6 heteroatoms. The van der Waals surface area contributed by atoms with Crippen molar-refractivity contribution in [1.82, 2.24) is 4.98 Å². The van der Waals surface area contributed by atoms with Crippen LogP contribution in [0.5, 0.6) is 0 Å². The summed E-state index contributed by atoms with van der Waals surface area (Å²) in [5.74, 6) is -0.181. The van der Waals surface area contributed by atoms with E-state index in [9.17, 15) is 4.79 Å². The van der Waals surface area contributed by atoms with E-state index >= 15 is 0 Å². The first-order chi connectivity index (χ1) is 10.2. The van der Waals surface area contributed by atoms with Crippen LogP contribution in [0.2, 0.25) is 0 Å². The van der Waals surface area contributed by atoms with Crippen LogP contribution in [0.1, 0.15) is 12.8 Å². The van der Waals surface area contributed by atoms with E-state index in [1.165, 1.54) is 11.3 Å². The quantitative estimate of drug-likeness (QED) is 0.912. The SMILES string of the molecule is NC1(C(=O)Nc2nc(-c3ccccc3)cs2)CCOCC1. The van der Waals surface area contributed by atoms with Crippen molar-refractivity contribution in [3.63, 3.8) is 0 Å². The van der Waals surface area contributed by atoms with Gasteiger partial charge in [-0.25, -0.2) is 4.98 Å². The van der Waals surface area contributed by atoms with Gasteiger partial charge in [0.15, 0.2) is 5.13 Å². The Hall–Kier alpha value is -1.76. The van der Waals surface area contributed by atoms with Crippen LogP contribution in [0.15, 0.2) is 35.7 Å². The number of thiazole rings is 1. The van der Waals surface area contributed by atoms with Gasteiger partial charge in [0.05, 0.1) is 5.69 Å². The lowest BCUT2D eigenvalue weighted by atomic mass is 9.90. The third-order valence-corrected chi connectivity index (χ3v) is 4.39. The number of amides is 1. The molecule has 1 aliphatic rings. The van der Waals surface area contributed by atoms with Crippen LogP contribution in [0, 0.1) is 0 Å². The summed E-state index contributed by atoms with van der Waals surface area (Å²) in [5, 5.41) is 5.34. The van der Waals surface area contributed by atoms with Crippen molar-refractivity contribution < 1.29 is 9.53 Å². The molecule has 1 fully saturated rings. The van der Waals surface area contributed by atoms with Gasteiger partial charge in [0.25, 0.3) is 0 Å². The summed E-state index contributed by atoms with van der Waals surface area (Å²) in [4.78, 5) is 16.8. The first-order valence-electron chi connectivity index (χ1n) is 6.86. The molecule has 0 aliphatic carbocycles. The van der Waals surface area contributed by atoms with Crippen LogP contribution in [-0.2, 0) is 9.53 Å². The first kappa shape index (κ1) is 14.2. The minimum absolute atomic E-state index is 0.181. The summed E-state index contributed by atoms with van der Waals surface area (Å²) in [5.41, 5.74) is 7.19. The first-order valence-corrected chi connectivity index (χ1v) is 7.74. The van der Waals surface area contributed by atoms with Gasteiger partial charge in [-0.1, -0.05) is 30.3 Å². The Morgan fingerprint density at radius 2 is 2.00 bits per heavy atom. The third-order valence-electron chi connectivity index (χ3n) is 3.63. The average Bonchev–Trinajstić information content (AvgIpc) is 2.97. The smallest absolute Gasteiger partial charge is 0.246 e. The van der Waals surface area contributed by atoms with Crippen LogP contribution in [-0.4, -0.2) is 29.6 Å². The molecule has 0 spiro atoms. The zero-order valence-electron chi connectivity index (χ0n) is 11.5. The lowest BCUT2D eigenvalue weighted by molar-refractivity contribution is -0.124. The fraction of sp³-hybridized carbons (Fsp3) is 0.333. The van der Waals surface area contributed by atoms with Gasteiger partial charge in [-0.3, -0.25) is 4.79 Å².